The van der Waals surface area contributed by atoms with Crippen LogP contribution in [0.25, 0.3) is 0 Å². The molecule has 0 aromatic carbocycles. The predicted octanol–water partition coefficient (Wildman–Crippen LogP) is -24.0. The Balaban J connectivity index is -0.0000000132. The second kappa shape index (κ2) is 47.2. The Labute approximate surface area is 534 Å². The first-order valence-electron chi connectivity index (χ1n) is 4.78. The molecule has 0 aromatic rings. The van der Waals surface area contributed by atoms with Crippen molar-refractivity contribution < 1.29 is 126 Å². The van der Waals surface area contributed by atoms with Crippen LogP contribution < -0.4 is 97.9 Å². The van der Waals surface area contributed by atoms with Gasteiger partial charge in [-0.05, 0) is 0 Å². The molecule has 0 unspecified atom stereocenters. The van der Waals surface area contributed by atoms with Crippen molar-refractivity contribution in [1.29, 1.82) is 0 Å². The fourth-order valence-corrected chi connectivity index (χ4v) is 0. The molecule has 208 valence electrons. The molecule has 0 bridgehead atoms. The summed E-state index contributed by atoms with van der Waals surface area (Å²) < 4.78 is 34.2. The van der Waals surface area contributed by atoms with Crippen LogP contribution in [0.2, 0.25) is 0 Å². The Kier molecular flexibility index (Phi) is 119. The Morgan fingerprint density at radius 1 is 0.286 bits per heavy atom. The van der Waals surface area contributed by atoms with Crippen molar-refractivity contribution in [2.45, 2.75) is 0 Å². The summed E-state index contributed by atoms with van der Waals surface area (Å²) in [5.74, 6) is 0. The van der Waals surface area contributed by atoms with Crippen molar-refractivity contribution in [3.8, 4) is 0 Å². The third-order valence-electron chi connectivity index (χ3n) is 0. The molecule has 0 heterocycles. The van der Waals surface area contributed by atoms with E-state index < -0.39 is 46.8 Å². The van der Waals surface area contributed by atoms with E-state index >= 15 is 0 Å². The van der Waals surface area contributed by atoms with E-state index in [1.54, 1.807) is 0 Å². The van der Waals surface area contributed by atoms with Gasteiger partial charge in [0.1, 0.15) is 0 Å². The van der Waals surface area contributed by atoms with Gasteiger partial charge in [-0.15, -0.1) is 0 Å². The minimum atomic E-state index is -7.05. The van der Waals surface area contributed by atoms with Crippen LogP contribution in [0.3, 0.4) is 0 Å². The fraction of sp³-hybridized carbons (Fsp3) is 0. The van der Waals surface area contributed by atoms with Crippen LogP contribution >= 0.6 is 46.8 Å². The second-order valence-corrected chi connectivity index (χ2v) is 10.0. The van der Waals surface area contributed by atoms with Crippen molar-refractivity contribution in [2.24, 2.45) is 0 Å². The van der Waals surface area contributed by atoms with Gasteiger partial charge in [-0.25, -0.2) is 0 Å². The molecule has 0 rings (SSSR count). The van der Waals surface area contributed by atoms with Gasteiger partial charge < -0.3 is 77.0 Å². The molecule has 0 radical (unpaired) electrons. The van der Waals surface area contributed by atoms with Crippen LogP contribution in [0.1, 0.15) is 0 Å². The zero-order valence-electron chi connectivity index (χ0n) is 20.4. The molecule has 0 aliphatic heterocycles. The summed E-state index contributed by atoms with van der Waals surface area (Å²) >= 11 is 0. The van der Waals surface area contributed by atoms with E-state index in [-0.39, 0.29) is 377 Å². The topological polar surface area (TPSA) is 570 Å². The second-order valence-electron chi connectivity index (χ2n) is 3.34. The molecule has 42 heteroatoms. The first kappa shape index (κ1) is 106. The summed E-state index contributed by atoms with van der Waals surface area (Å²) in [6.07, 6.45) is 0. The van der Waals surface area contributed by atoms with E-state index in [0.717, 1.165) is 0 Å². The van der Waals surface area contributed by atoms with Gasteiger partial charge in [0.15, 0.2) is 0 Å². The quantitative estimate of drug-likeness (QED) is 0.168. The van der Waals surface area contributed by atoms with Gasteiger partial charge in [0, 0.05) is 0 Å². The summed E-state index contributed by atoms with van der Waals surface area (Å²) in [5.41, 5.74) is 0. The SMILES string of the molecule is O=P([O-])([O-])[O-].O=P([O-])([O-])[O-].O=P([O-])([O-])[O-].O=P([O-])([O-])[O-].[Ca+2].[Ca+2].[Ca+2].[Ca+2].[Ca+2].[Ca+2].[Ca+2].[Ca+2].[Ca+2].[Ca+2].[O-]P([O-])([O-])([O-])O.[O-]P([O-])([O-])([O-])O. The summed E-state index contributed by atoms with van der Waals surface area (Å²) in [6.45, 7) is 0. The van der Waals surface area contributed by atoms with Gasteiger partial charge in [-0.3, -0.25) is 0 Å². The van der Waals surface area contributed by atoms with Gasteiger partial charge in [-0.2, -0.15) is 31.3 Å². The first-order chi connectivity index (χ1) is 12.5. The Bertz CT molecular complexity index is 517. The van der Waals surface area contributed by atoms with Crippen LogP contribution in [-0.2, 0) is 18.3 Å². The first-order valence-corrected chi connectivity index (χ1v) is 14.3. The molecule has 0 aliphatic rings. The predicted molar refractivity (Wildman–Crippen MR) is 106 cm³/mol. The van der Waals surface area contributed by atoms with E-state index in [1.165, 1.54) is 0 Å². The summed E-state index contributed by atoms with van der Waals surface area (Å²) in [7, 11) is -35.7. The molecule has 0 aromatic heterocycles. The maximum atomic E-state index is 8.70. The van der Waals surface area contributed by atoms with Crippen LogP contribution in [0.15, 0.2) is 0 Å². The monoisotopic (exact) mass is 1000 g/mol. The van der Waals surface area contributed by atoms with Crippen molar-refractivity contribution in [1.82, 2.24) is 0 Å². The molecule has 0 saturated carbocycles. The van der Waals surface area contributed by atoms with Crippen LogP contribution in [0.5, 0.6) is 0 Å². The van der Waals surface area contributed by atoms with Crippen molar-refractivity contribution in [3.05, 3.63) is 0 Å². The number of hydrogen-bond donors (Lipinski definition) is 2. The Morgan fingerprint density at radius 2 is 0.286 bits per heavy atom. The van der Waals surface area contributed by atoms with E-state index in [9.17, 15) is 0 Å². The molecule has 26 nitrogen and oxygen atoms in total. The normalized spacial score (nSPS) is 11.1. The van der Waals surface area contributed by atoms with Gasteiger partial charge in [-0.1, -0.05) is 0 Å². The molecule has 42 heavy (non-hydrogen) atoms. The van der Waals surface area contributed by atoms with Gasteiger partial charge in [0.05, 0.1) is 0 Å². The molecular weight excluding hydrogens is 1000 g/mol. The number of hydrogen-bond acceptors (Lipinski definition) is 26. The molecular formula is H2Ca10O26P6. The standard InChI is InChI=1S/10Ca.2HO5P.4H3O4P/c;;;;;;;;;;2*1-6(2,3,4)5;4*1-5(2,3)4/h;;;;;;;;;;2*1H;4*(H3,1,2,3,4)/q10*+2;2*-4;;;;/p-12. The maximum absolute atomic E-state index is 8.70. The molecule has 0 atom stereocenters. The van der Waals surface area contributed by atoms with Crippen LogP contribution in [0, 0.1) is 0 Å². The molecule has 0 amide bonds. The fourth-order valence-electron chi connectivity index (χ4n) is 0. The van der Waals surface area contributed by atoms with E-state index in [4.69, 9.17) is 126 Å². The van der Waals surface area contributed by atoms with Crippen LogP contribution in [-0.4, -0.2) is 387 Å². The van der Waals surface area contributed by atoms with Crippen molar-refractivity contribution >= 4 is 424 Å². The van der Waals surface area contributed by atoms with Crippen molar-refractivity contribution in [2.75, 3.05) is 0 Å². The van der Waals surface area contributed by atoms with Gasteiger partial charge >= 0.3 is 442 Å². The van der Waals surface area contributed by atoms with E-state index in [0.29, 0.717) is 0 Å². The minimum absolute atomic E-state index is 0. The molecule has 2 N–H and O–H groups in total. The van der Waals surface area contributed by atoms with Crippen LogP contribution in [0.4, 0.5) is 0 Å². The summed E-state index contributed by atoms with van der Waals surface area (Å²) in [4.78, 5) is 186. The zero-order chi connectivity index (χ0) is 28.9. The summed E-state index contributed by atoms with van der Waals surface area (Å²) in [6, 6.07) is 0. The third-order valence-corrected chi connectivity index (χ3v) is 0. The van der Waals surface area contributed by atoms with Crippen molar-refractivity contribution in [3.63, 3.8) is 0 Å². The third kappa shape index (κ3) is 809. The van der Waals surface area contributed by atoms with E-state index in [2.05, 4.69) is 0 Å². The molecule has 0 spiro atoms. The molecule has 0 saturated heterocycles. The number of phosphoric acid groups is 4. The average Bonchev–Trinajstić information content (AvgIpc) is 1.90. The summed E-state index contributed by atoms with van der Waals surface area (Å²) in [5, 5.41) is 0. The molecule has 0 fully saturated rings. The number of rotatable bonds is 0. The van der Waals surface area contributed by atoms with Gasteiger partial charge in [0.2, 0.25) is 0 Å². The Morgan fingerprint density at radius 3 is 0.286 bits per heavy atom. The molecule has 0 aliphatic carbocycles. The van der Waals surface area contributed by atoms with E-state index in [1.807, 2.05) is 0 Å². The average molecular weight is 1000 g/mol. The Hall–Kier alpha value is 13.5. The van der Waals surface area contributed by atoms with Gasteiger partial charge in [0.25, 0.3) is 0 Å². The zero-order valence-corrected chi connectivity index (χ0v) is 47.9.